The Morgan fingerprint density at radius 3 is 1.98 bits per heavy atom. The summed E-state index contributed by atoms with van der Waals surface area (Å²) in [5.74, 6) is 0.908. The molecule has 0 atom stereocenters. The second-order valence-corrected chi connectivity index (χ2v) is 11.1. The lowest BCUT2D eigenvalue weighted by Gasteiger charge is -2.26. The minimum atomic E-state index is 0.393. The van der Waals surface area contributed by atoms with Gasteiger partial charge in [-0.3, -0.25) is 0 Å². The van der Waals surface area contributed by atoms with Gasteiger partial charge in [-0.05, 0) is 44.8 Å². The monoisotopic (exact) mass is 568 g/mol. The van der Waals surface area contributed by atoms with Crippen LogP contribution >= 0.6 is 0 Å². The summed E-state index contributed by atoms with van der Waals surface area (Å²) in [7, 11) is 2.13. The minimum absolute atomic E-state index is 0.393. The van der Waals surface area contributed by atoms with Crippen LogP contribution in [0.3, 0.4) is 0 Å². The van der Waals surface area contributed by atoms with E-state index in [-0.39, 0.29) is 0 Å². The number of nitrogens with zero attached hydrogens (tertiary/aromatic N) is 3. The number of rotatable bonds is 5. The third kappa shape index (κ3) is 5.30. The maximum absolute atomic E-state index is 6.68. The molecule has 6 aromatic carbocycles. The first kappa shape index (κ1) is 27.1. The number of para-hydroxylation sites is 1. The normalized spacial score (nSPS) is 13.3. The summed E-state index contributed by atoms with van der Waals surface area (Å²) in [5.41, 5.74) is 14.7. The second kappa shape index (κ2) is 11.5. The molecule has 1 aliphatic rings. The van der Waals surface area contributed by atoms with Gasteiger partial charge in [0.1, 0.15) is 5.84 Å². The lowest BCUT2D eigenvalue weighted by atomic mass is 9.96. The van der Waals surface area contributed by atoms with Crippen LogP contribution in [0.5, 0.6) is 0 Å². The Morgan fingerprint density at radius 2 is 1.27 bits per heavy atom. The van der Waals surface area contributed by atoms with Gasteiger partial charge in [0.15, 0.2) is 5.84 Å². The average Bonchev–Trinajstić information content (AvgIpc) is 3.07. The Morgan fingerprint density at radius 1 is 0.659 bits per heavy atom. The van der Waals surface area contributed by atoms with Crippen LogP contribution in [0.2, 0.25) is 0 Å². The first-order valence-electron chi connectivity index (χ1n) is 14.8. The van der Waals surface area contributed by atoms with Crippen molar-refractivity contribution in [3.63, 3.8) is 0 Å². The molecule has 212 valence electrons. The van der Waals surface area contributed by atoms with Crippen LogP contribution in [0, 0.1) is 0 Å². The smallest absolute Gasteiger partial charge is 0.162 e. The summed E-state index contributed by atoms with van der Waals surface area (Å²) < 4.78 is 0. The maximum atomic E-state index is 6.68. The highest BCUT2D eigenvalue weighted by Gasteiger charge is 2.15. The third-order valence-electron chi connectivity index (χ3n) is 8.17. The third-order valence-corrected chi connectivity index (χ3v) is 8.17. The molecule has 0 aliphatic carbocycles. The van der Waals surface area contributed by atoms with E-state index < -0.39 is 0 Å². The summed E-state index contributed by atoms with van der Waals surface area (Å²) >= 11 is 0. The zero-order chi connectivity index (χ0) is 30.0. The predicted octanol–water partition coefficient (Wildman–Crippen LogP) is 8.95. The molecule has 0 saturated heterocycles. The largest absolute Gasteiger partial charge is 0.383 e. The molecule has 0 bridgehead atoms. The highest BCUT2D eigenvalue weighted by atomic mass is 15.1. The molecule has 1 heterocycles. The van der Waals surface area contributed by atoms with Crippen LogP contribution in [0.25, 0.3) is 44.4 Å². The SMILES string of the molecule is C=C(/N=C(\N=C(/N)c1ccc(-c2cccc3c2N(C)CC=C3)cc1)c1ccc2ccccc2c1)c1ccc2ccccc2c1. The van der Waals surface area contributed by atoms with Gasteiger partial charge >= 0.3 is 0 Å². The van der Waals surface area contributed by atoms with E-state index in [2.05, 4.69) is 110 Å². The Hall–Kier alpha value is -5.74. The van der Waals surface area contributed by atoms with Gasteiger partial charge in [0, 0.05) is 35.8 Å². The van der Waals surface area contributed by atoms with E-state index in [1.165, 1.54) is 22.2 Å². The molecule has 0 aromatic heterocycles. The lowest BCUT2D eigenvalue weighted by Crippen LogP contribution is -2.21. The summed E-state index contributed by atoms with van der Waals surface area (Å²) in [6.45, 7) is 5.21. The number of anilines is 1. The molecule has 0 fully saturated rings. The van der Waals surface area contributed by atoms with Crippen molar-refractivity contribution < 1.29 is 0 Å². The number of fused-ring (bicyclic) bond motifs is 3. The quantitative estimate of drug-likeness (QED) is 0.167. The fourth-order valence-electron chi connectivity index (χ4n) is 5.83. The zero-order valence-corrected chi connectivity index (χ0v) is 24.6. The highest BCUT2D eigenvalue weighted by molar-refractivity contribution is 6.13. The van der Waals surface area contributed by atoms with Crippen molar-refractivity contribution in [3.8, 4) is 11.1 Å². The van der Waals surface area contributed by atoms with E-state index in [0.29, 0.717) is 17.4 Å². The maximum Gasteiger partial charge on any atom is 0.162 e. The van der Waals surface area contributed by atoms with Crippen molar-refractivity contribution in [2.45, 2.75) is 0 Å². The molecule has 2 N–H and O–H groups in total. The number of hydrogen-bond donors (Lipinski definition) is 1. The van der Waals surface area contributed by atoms with Crippen LogP contribution in [0.15, 0.2) is 150 Å². The highest BCUT2D eigenvalue weighted by Crippen LogP contribution is 2.36. The van der Waals surface area contributed by atoms with Crippen LogP contribution < -0.4 is 10.6 Å². The topological polar surface area (TPSA) is 54.0 Å². The molecular weight excluding hydrogens is 536 g/mol. The number of likely N-dealkylation sites (N-methyl/N-ethyl adjacent to an activating group) is 1. The minimum Gasteiger partial charge on any atom is -0.383 e. The molecular formula is C40H32N4. The van der Waals surface area contributed by atoms with Gasteiger partial charge in [-0.1, -0.05) is 134 Å². The van der Waals surface area contributed by atoms with Crippen molar-refractivity contribution >= 4 is 50.7 Å². The first-order valence-corrected chi connectivity index (χ1v) is 14.8. The van der Waals surface area contributed by atoms with E-state index in [1.807, 2.05) is 48.5 Å². The van der Waals surface area contributed by atoms with Gasteiger partial charge in [-0.2, -0.15) is 0 Å². The van der Waals surface area contributed by atoms with Gasteiger partial charge in [0.05, 0.1) is 11.4 Å². The van der Waals surface area contributed by atoms with E-state index in [4.69, 9.17) is 15.7 Å². The lowest BCUT2D eigenvalue weighted by molar-refractivity contribution is 1.02. The van der Waals surface area contributed by atoms with Crippen LogP contribution in [-0.4, -0.2) is 25.3 Å². The summed E-state index contributed by atoms with van der Waals surface area (Å²) in [5, 5.41) is 4.57. The Kier molecular flexibility index (Phi) is 7.09. The molecule has 1 aliphatic heterocycles. The van der Waals surface area contributed by atoms with Gasteiger partial charge in [-0.15, -0.1) is 0 Å². The van der Waals surface area contributed by atoms with E-state index >= 15 is 0 Å². The number of hydrogen-bond acceptors (Lipinski definition) is 2. The molecule has 0 radical (unpaired) electrons. The van der Waals surface area contributed by atoms with Crippen molar-refractivity contribution in [1.82, 2.24) is 0 Å². The number of amidine groups is 2. The fraction of sp³-hybridized carbons (Fsp3) is 0.0500. The first-order chi connectivity index (χ1) is 21.5. The van der Waals surface area contributed by atoms with E-state index in [0.717, 1.165) is 45.0 Å². The summed E-state index contributed by atoms with van der Waals surface area (Å²) in [6.07, 6.45) is 4.38. The van der Waals surface area contributed by atoms with Crippen molar-refractivity contribution in [1.29, 1.82) is 0 Å². The van der Waals surface area contributed by atoms with Crippen molar-refractivity contribution in [3.05, 3.63) is 162 Å². The summed E-state index contributed by atoms with van der Waals surface area (Å²) in [4.78, 5) is 12.1. The standard InChI is InChI=1S/C40H32N4/c1-27(33-22-16-28-9-3-5-11-34(28)25-33)42-40(36-23-17-29-10-4-6-12-35(29)26-36)43-39(41)32-20-18-30(19-21-32)37-15-7-13-31-14-8-24-44(2)38(31)37/h3-23,25-26H,1,24H2,2H3,(H2,41,42,43). The van der Waals surface area contributed by atoms with Crippen LogP contribution in [0.4, 0.5) is 5.69 Å². The van der Waals surface area contributed by atoms with Crippen LogP contribution in [-0.2, 0) is 0 Å². The summed E-state index contributed by atoms with van der Waals surface area (Å²) in [6, 6.07) is 43.8. The molecule has 0 amide bonds. The van der Waals surface area contributed by atoms with Gasteiger partial charge in [-0.25, -0.2) is 9.98 Å². The Bertz CT molecular complexity index is 2130. The fourth-order valence-corrected chi connectivity index (χ4v) is 5.83. The van der Waals surface area contributed by atoms with E-state index in [9.17, 15) is 0 Å². The number of nitrogens with two attached hydrogens (primary N) is 1. The Labute approximate surface area is 257 Å². The predicted molar refractivity (Wildman–Crippen MR) is 188 cm³/mol. The van der Waals surface area contributed by atoms with Crippen LogP contribution in [0.1, 0.15) is 22.3 Å². The van der Waals surface area contributed by atoms with Crippen molar-refractivity contribution in [2.24, 2.45) is 15.7 Å². The van der Waals surface area contributed by atoms with Crippen molar-refractivity contribution in [2.75, 3.05) is 18.5 Å². The molecule has 4 heteroatoms. The molecule has 4 nitrogen and oxygen atoms in total. The second-order valence-electron chi connectivity index (χ2n) is 11.1. The molecule has 44 heavy (non-hydrogen) atoms. The molecule has 0 unspecified atom stereocenters. The Balaban J connectivity index is 1.27. The molecule has 0 saturated carbocycles. The zero-order valence-electron chi connectivity index (χ0n) is 24.6. The molecule has 0 spiro atoms. The molecule has 6 aromatic rings. The molecule has 7 rings (SSSR count). The number of benzene rings is 6. The van der Waals surface area contributed by atoms with Gasteiger partial charge < -0.3 is 10.6 Å². The number of aliphatic imine (C=N–C) groups is 2. The van der Waals surface area contributed by atoms with Gasteiger partial charge in [0.2, 0.25) is 0 Å². The van der Waals surface area contributed by atoms with E-state index in [1.54, 1.807) is 0 Å². The average molecular weight is 569 g/mol. The van der Waals surface area contributed by atoms with Gasteiger partial charge in [0.25, 0.3) is 0 Å².